The lowest BCUT2D eigenvalue weighted by atomic mass is 10.1. The van der Waals surface area contributed by atoms with Crippen molar-refractivity contribution in [2.45, 2.75) is 0 Å². The minimum Gasteiger partial charge on any atom is -0.456 e. The minimum atomic E-state index is 0.428. The normalized spacial score (nSPS) is 10.6. The van der Waals surface area contributed by atoms with E-state index in [9.17, 15) is 0 Å². The zero-order chi connectivity index (χ0) is 13.2. The van der Waals surface area contributed by atoms with Gasteiger partial charge in [-0.05, 0) is 35.0 Å². The third-order valence-electron chi connectivity index (χ3n) is 2.86. The summed E-state index contributed by atoms with van der Waals surface area (Å²) < 4.78 is 5.78. The molecule has 0 aliphatic rings. The summed E-state index contributed by atoms with van der Waals surface area (Å²) in [5, 5.41) is 3.21. The topological polar surface area (TPSA) is 9.23 Å². The van der Waals surface area contributed by atoms with Gasteiger partial charge in [0.2, 0.25) is 0 Å². The van der Waals surface area contributed by atoms with Gasteiger partial charge in [-0.25, -0.2) is 0 Å². The second-order valence-corrected chi connectivity index (χ2v) is 4.95. The molecular formula is C16H10Cl2O. The van der Waals surface area contributed by atoms with Gasteiger partial charge in [0.25, 0.3) is 0 Å². The Hall–Kier alpha value is -1.70. The van der Waals surface area contributed by atoms with E-state index < -0.39 is 0 Å². The molecule has 3 rings (SSSR count). The second kappa shape index (κ2) is 5.12. The number of hydrogen-bond donors (Lipinski definition) is 0. The van der Waals surface area contributed by atoms with Crippen LogP contribution in [-0.2, 0) is 0 Å². The first-order chi connectivity index (χ1) is 9.24. The molecule has 0 aliphatic carbocycles. The zero-order valence-corrected chi connectivity index (χ0v) is 11.4. The van der Waals surface area contributed by atoms with Crippen molar-refractivity contribution in [3.8, 4) is 11.5 Å². The summed E-state index contributed by atoms with van der Waals surface area (Å²) >= 11 is 12.1. The molecule has 3 aromatic carbocycles. The standard InChI is InChI=1S/C16H10Cl2O/c17-14-6-3-7-15(16(14)18)19-13-9-8-11-4-1-2-5-12(11)10-13/h1-10H. The van der Waals surface area contributed by atoms with Crippen LogP contribution < -0.4 is 4.74 Å². The summed E-state index contributed by atoms with van der Waals surface area (Å²) in [6.45, 7) is 0. The van der Waals surface area contributed by atoms with E-state index >= 15 is 0 Å². The summed E-state index contributed by atoms with van der Waals surface area (Å²) in [5.74, 6) is 1.30. The van der Waals surface area contributed by atoms with Crippen LogP contribution in [0.2, 0.25) is 10.0 Å². The molecule has 0 fully saturated rings. The van der Waals surface area contributed by atoms with E-state index in [0.717, 1.165) is 11.1 Å². The minimum absolute atomic E-state index is 0.428. The molecule has 0 aliphatic heterocycles. The first-order valence-electron chi connectivity index (χ1n) is 5.85. The number of halogens is 2. The Bertz CT molecular complexity index is 738. The maximum absolute atomic E-state index is 6.10. The van der Waals surface area contributed by atoms with Crippen LogP contribution in [0.25, 0.3) is 10.8 Å². The monoisotopic (exact) mass is 288 g/mol. The maximum atomic E-state index is 6.10. The van der Waals surface area contributed by atoms with Crippen LogP contribution in [0.5, 0.6) is 11.5 Å². The fourth-order valence-corrected chi connectivity index (χ4v) is 2.25. The molecule has 0 bridgehead atoms. The summed E-state index contributed by atoms with van der Waals surface area (Å²) in [6, 6.07) is 19.4. The van der Waals surface area contributed by atoms with Crippen LogP contribution in [0.3, 0.4) is 0 Å². The lowest BCUT2D eigenvalue weighted by Crippen LogP contribution is -1.85. The van der Waals surface area contributed by atoms with E-state index in [0.29, 0.717) is 15.8 Å². The largest absolute Gasteiger partial charge is 0.456 e. The van der Waals surface area contributed by atoms with Crippen molar-refractivity contribution < 1.29 is 4.74 Å². The molecule has 19 heavy (non-hydrogen) atoms. The maximum Gasteiger partial charge on any atom is 0.147 e. The number of hydrogen-bond acceptors (Lipinski definition) is 1. The molecular weight excluding hydrogens is 279 g/mol. The van der Waals surface area contributed by atoms with Crippen molar-refractivity contribution in [1.82, 2.24) is 0 Å². The molecule has 0 atom stereocenters. The average molecular weight is 289 g/mol. The SMILES string of the molecule is Clc1cccc(Oc2ccc3ccccc3c2)c1Cl. The Kier molecular flexibility index (Phi) is 3.33. The molecule has 3 aromatic rings. The van der Waals surface area contributed by atoms with Crippen molar-refractivity contribution in [2.24, 2.45) is 0 Å². The molecule has 0 unspecified atom stereocenters. The van der Waals surface area contributed by atoms with E-state index in [4.69, 9.17) is 27.9 Å². The smallest absolute Gasteiger partial charge is 0.147 e. The Labute approximate surface area is 121 Å². The van der Waals surface area contributed by atoms with Gasteiger partial charge in [0.1, 0.15) is 16.5 Å². The van der Waals surface area contributed by atoms with E-state index in [1.807, 2.05) is 42.5 Å². The fourth-order valence-electron chi connectivity index (χ4n) is 1.92. The van der Waals surface area contributed by atoms with Crippen molar-refractivity contribution in [3.63, 3.8) is 0 Å². The molecule has 0 saturated heterocycles. The molecule has 0 aromatic heterocycles. The Morgan fingerprint density at radius 1 is 0.737 bits per heavy atom. The highest BCUT2D eigenvalue weighted by Gasteiger charge is 2.06. The Balaban J connectivity index is 1.99. The lowest BCUT2D eigenvalue weighted by Gasteiger charge is -2.09. The molecule has 0 N–H and O–H groups in total. The number of fused-ring (bicyclic) bond motifs is 1. The average Bonchev–Trinajstić information content (AvgIpc) is 2.44. The number of rotatable bonds is 2. The first kappa shape index (κ1) is 12.3. The highest BCUT2D eigenvalue weighted by Crippen LogP contribution is 2.35. The molecule has 0 heterocycles. The van der Waals surface area contributed by atoms with Crippen LogP contribution in [-0.4, -0.2) is 0 Å². The first-order valence-corrected chi connectivity index (χ1v) is 6.60. The van der Waals surface area contributed by atoms with Crippen molar-refractivity contribution in [1.29, 1.82) is 0 Å². The van der Waals surface area contributed by atoms with Gasteiger partial charge in [0.05, 0.1) is 5.02 Å². The van der Waals surface area contributed by atoms with Crippen LogP contribution >= 0.6 is 23.2 Å². The van der Waals surface area contributed by atoms with Gasteiger partial charge >= 0.3 is 0 Å². The van der Waals surface area contributed by atoms with Crippen molar-refractivity contribution in [3.05, 3.63) is 70.7 Å². The van der Waals surface area contributed by atoms with Gasteiger partial charge in [-0.15, -0.1) is 0 Å². The van der Waals surface area contributed by atoms with Crippen molar-refractivity contribution >= 4 is 34.0 Å². The van der Waals surface area contributed by atoms with Crippen LogP contribution in [0.1, 0.15) is 0 Å². The Morgan fingerprint density at radius 3 is 2.37 bits per heavy atom. The fraction of sp³-hybridized carbons (Fsp3) is 0. The van der Waals surface area contributed by atoms with Crippen LogP contribution in [0.15, 0.2) is 60.7 Å². The molecule has 0 spiro atoms. The third kappa shape index (κ3) is 2.53. The zero-order valence-electron chi connectivity index (χ0n) is 9.94. The van der Waals surface area contributed by atoms with Crippen LogP contribution in [0, 0.1) is 0 Å². The highest BCUT2D eigenvalue weighted by molar-refractivity contribution is 6.42. The number of benzene rings is 3. The lowest BCUT2D eigenvalue weighted by molar-refractivity contribution is 0.484. The van der Waals surface area contributed by atoms with Gasteiger partial charge in [-0.3, -0.25) is 0 Å². The molecule has 1 nitrogen and oxygen atoms in total. The summed E-state index contributed by atoms with van der Waals surface area (Å²) in [7, 11) is 0. The van der Waals surface area contributed by atoms with Gasteiger partial charge in [-0.1, -0.05) is 59.6 Å². The predicted octanol–water partition coefficient (Wildman–Crippen LogP) is 5.94. The molecule has 94 valence electrons. The van der Waals surface area contributed by atoms with E-state index in [1.54, 1.807) is 12.1 Å². The van der Waals surface area contributed by atoms with Gasteiger partial charge in [0, 0.05) is 0 Å². The van der Waals surface area contributed by atoms with Gasteiger partial charge < -0.3 is 4.74 Å². The van der Waals surface area contributed by atoms with Crippen molar-refractivity contribution in [2.75, 3.05) is 0 Å². The molecule has 0 amide bonds. The summed E-state index contributed by atoms with van der Waals surface area (Å²) in [6.07, 6.45) is 0. The van der Waals surface area contributed by atoms with E-state index in [2.05, 4.69) is 6.07 Å². The van der Waals surface area contributed by atoms with Gasteiger partial charge in [0.15, 0.2) is 0 Å². The van der Waals surface area contributed by atoms with E-state index in [-0.39, 0.29) is 0 Å². The van der Waals surface area contributed by atoms with Gasteiger partial charge in [-0.2, -0.15) is 0 Å². The Morgan fingerprint density at radius 2 is 1.53 bits per heavy atom. The molecule has 0 saturated carbocycles. The third-order valence-corrected chi connectivity index (χ3v) is 3.67. The second-order valence-electron chi connectivity index (χ2n) is 4.16. The number of ether oxygens (including phenoxy) is 1. The van der Waals surface area contributed by atoms with Crippen LogP contribution in [0.4, 0.5) is 0 Å². The highest BCUT2D eigenvalue weighted by atomic mass is 35.5. The molecule has 0 radical (unpaired) electrons. The predicted molar refractivity (Wildman–Crippen MR) is 80.5 cm³/mol. The summed E-state index contributed by atoms with van der Waals surface area (Å²) in [4.78, 5) is 0. The quantitative estimate of drug-likeness (QED) is 0.567. The molecule has 3 heteroatoms. The van der Waals surface area contributed by atoms with E-state index in [1.165, 1.54) is 5.39 Å². The summed E-state index contributed by atoms with van der Waals surface area (Å²) in [5.41, 5.74) is 0.